The summed E-state index contributed by atoms with van der Waals surface area (Å²) in [6.45, 7) is 3.65. The number of carbonyl (C=O) groups excluding carboxylic acids is 1. The largest absolute Gasteiger partial charge is 0.305 e. The number of aromatic nitrogens is 2. The Hall–Kier alpha value is -2.22. The zero-order valence-electron chi connectivity index (χ0n) is 10.7. The van der Waals surface area contributed by atoms with E-state index < -0.39 is 10.8 Å². The molecule has 7 nitrogen and oxygen atoms in total. The van der Waals surface area contributed by atoms with Crippen LogP contribution in [-0.4, -0.2) is 21.0 Å². The van der Waals surface area contributed by atoms with Gasteiger partial charge in [-0.15, -0.1) is 0 Å². The molecule has 20 heavy (non-hydrogen) atoms. The van der Waals surface area contributed by atoms with Crippen molar-refractivity contribution in [3.05, 3.63) is 49.6 Å². The second-order valence-electron chi connectivity index (χ2n) is 4.17. The van der Waals surface area contributed by atoms with Crippen LogP contribution in [0.1, 0.15) is 21.6 Å². The van der Waals surface area contributed by atoms with E-state index in [1.807, 2.05) is 13.8 Å². The molecule has 104 valence electrons. The highest BCUT2D eigenvalue weighted by Gasteiger charge is 2.20. The monoisotopic (exact) mass is 338 g/mol. The number of H-pyrrole nitrogens is 1. The number of nitro benzene ring substituents is 1. The van der Waals surface area contributed by atoms with E-state index >= 15 is 0 Å². The van der Waals surface area contributed by atoms with Gasteiger partial charge in [0.25, 0.3) is 11.6 Å². The minimum Gasteiger partial charge on any atom is -0.305 e. The first-order valence-corrected chi connectivity index (χ1v) is 6.47. The van der Waals surface area contributed by atoms with Gasteiger partial charge in [0.15, 0.2) is 5.82 Å². The fraction of sp³-hybridized carbons (Fsp3) is 0.167. The summed E-state index contributed by atoms with van der Waals surface area (Å²) in [7, 11) is 0. The number of nitro groups is 1. The lowest BCUT2D eigenvalue weighted by Crippen LogP contribution is -2.14. The maximum Gasteiger partial charge on any atom is 0.284 e. The summed E-state index contributed by atoms with van der Waals surface area (Å²) >= 11 is 3.09. The molecule has 0 unspecified atom stereocenters. The third kappa shape index (κ3) is 2.55. The summed E-state index contributed by atoms with van der Waals surface area (Å²) in [6.07, 6.45) is 0. The Morgan fingerprint density at radius 2 is 2.15 bits per heavy atom. The van der Waals surface area contributed by atoms with E-state index in [-0.39, 0.29) is 15.7 Å². The highest BCUT2D eigenvalue weighted by molar-refractivity contribution is 9.10. The number of hydrogen-bond donors (Lipinski definition) is 2. The summed E-state index contributed by atoms with van der Waals surface area (Å²) < 4.78 is 0.146. The van der Waals surface area contributed by atoms with Crippen LogP contribution < -0.4 is 5.32 Å². The van der Waals surface area contributed by atoms with Crippen LogP contribution in [0.4, 0.5) is 11.5 Å². The first kappa shape index (κ1) is 14.2. The molecule has 0 spiro atoms. The van der Waals surface area contributed by atoms with Crippen molar-refractivity contribution in [1.82, 2.24) is 10.2 Å². The molecule has 0 atom stereocenters. The minimum absolute atomic E-state index is 0.146. The van der Waals surface area contributed by atoms with Crippen molar-refractivity contribution in [2.24, 2.45) is 0 Å². The fourth-order valence-electron chi connectivity index (χ4n) is 1.62. The van der Waals surface area contributed by atoms with Gasteiger partial charge in [-0.2, -0.15) is 5.10 Å². The molecule has 0 saturated heterocycles. The lowest BCUT2D eigenvalue weighted by atomic mass is 10.2. The Bertz CT molecular complexity index is 696. The van der Waals surface area contributed by atoms with Crippen molar-refractivity contribution >= 4 is 33.3 Å². The predicted octanol–water partition coefficient (Wildman–Crippen LogP) is 2.95. The van der Waals surface area contributed by atoms with Gasteiger partial charge in [0, 0.05) is 17.3 Å². The summed E-state index contributed by atoms with van der Waals surface area (Å²) in [5, 5.41) is 20.2. The highest BCUT2D eigenvalue weighted by atomic mass is 79.9. The van der Waals surface area contributed by atoms with E-state index in [0.717, 1.165) is 11.3 Å². The van der Waals surface area contributed by atoms with Crippen LogP contribution in [-0.2, 0) is 0 Å². The van der Waals surface area contributed by atoms with Crippen molar-refractivity contribution in [2.45, 2.75) is 13.8 Å². The molecule has 1 aromatic carbocycles. The first-order valence-electron chi connectivity index (χ1n) is 5.67. The number of amides is 1. The Morgan fingerprint density at radius 3 is 2.70 bits per heavy atom. The molecule has 8 heteroatoms. The number of hydrogen-bond acceptors (Lipinski definition) is 4. The normalized spacial score (nSPS) is 10.3. The third-order valence-electron chi connectivity index (χ3n) is 2.90. The summed E-state index contributed by atoms with van der Waals surface area (Å²) in [5.74, 6) is -0.0546. The summed E-state index contributed by atoms with van der Waals surface area (Å²) in [5.41, 5.74) is 1.69. The van der Waals surface area contributed by atoms with Gasteiger partial charge in [0.2, 0.25) is 0 Å². The Balaban J connectivity index is 2.33. The lowest BCUT2D eigenvalue weighted by molar-refractivity contribution is -0.385. The summed E-state index contributed by atoms with van der Waals surface area (Å²) in [6, 6.07) is 4.28. The molecular weight excluding hydrogens is 328 g/mol. The molecule has 1 aromatic heterocycles. The van der Waals surface area contributed by atoms with Crippen LogP contribution in [0.5, 0.6) is 0 Å². The van der Waals surface area contributed by atoms with Gasteiger partial charge in [0.1, 0.15) is 4.47 Å². The molecule has 0 aliphatic heterocycles. The smallest absolute Gasteiger partial charge is 0.284 e. The number of aryl methyl sites for hydroxylation is 1. The number of anilines is 1. The first-order chi connectivity index (χ1) is 9.41. The highest BCUT2D eigenvalue weighted by Crippen LogP contribution is 2.29. The Kier molecular flexibility index (Phi) is 3.84. The second-order valence-corrected chi connectivity index (χ2v) is 4.97. The van der Waals surface area contributed by atoms with Gasteiger partial charge in [0.05, 0.1) is 10.5 Å². The number of carbonyl (C=O) groups is 1. The van der Waals surface area contributed by atoms with E-state index in [0.29, 0.717) is 5.82 Å². The van der Waals surface area contributed by atoms with Gasteiger partial charge < -0.3 is 5.32 Å². The van der Waals surface area contributed by atoms with Gasteiger partial charge in [-0.3, -0.25) is 20.0 Å². The molecule has 1 heterocycles. The van der Waals surface area contributed by atoms with Crippen molar-refractivity contribution in [2.75, 3.05) is 5.32 Å². The van der Waals surface area contributed by atoms with E-state index in [2.05, 4.69) is 31.4 Å². The van der Waals surface area contributed by atoms with Gasteiger partial charge >= 0.3 is 0 Å². The second kappa shape index (κ2) is 5.41. The average Bonchev–Trinajstić information content (AvgIpc) is 2.70. The molecule has 0 saturated carbocycles. The Labute approximate surface area is 122 Å². The van der Waals surface area contributed by atoms with Crippen LogP contribution in [0.2, 0.25) is 0 Å². The van der Waals surface area contributed by atoms with Gasteiger partial charge in [-0.1, -0.05) is 6.07 Å². The van der Waals surface area contributed by atoms with Crippen LogP contribution >= 0.6 is 15.9 Å². The standard InChI is InChI=1S/C12H11BrN4O3/c1-6-7(2)15-16-11(6)14-12(18)8-4-3-5-9(10(8)13)17(19)20/h3-5H,1-2H3,(H2,14,15,16,18). The van der Waals surface area contributed by atoms with Crippen molar-refractivity contribution < 1.29 is 9.72 Å². The zero-order valence-corrected chi connectivity index (χ0v) is 12.3. The SMILES string of the molecule is Cc1[nH]nc(NC(=O)c2cccc([N+](=O)[O-])c2Br)c1C. The molecule has 2 rings (SSSR count). The fourth-order valence-corrected chi connectivity index (χ4v) is 2.21. The van der Waals surface area contributed by atoms with Gasteiger partial charge in [-0.25, -0.2) is 0 Å². The molecule has 0 radical (unpaired) electrons. The average molecular weight is 339 g/mol. The molecule has 2 N–H and O–H groups in total. The molecule has 0 fully saturated rings. The molecular formula is C12H11BrN4O3. The van der Waals surface area contributed by atoms with E-state index in [9.17, 15) is 14.9 Å². The molecule has 0 aliphatic rings. The number of rotatable bonds is 3. The predicted molar refractivity (Wildman–Crippen MR) is 76.8 cm³/mol. The molecule has 0 aliphatic carbocycles. The minimum atomic E-state index is -0.551. The molecule has 1 amide bonds. The zero-order chi connectivity index (χ0) is 14.9. The topological polar surface area (TPSA) is 101 Å². The number of aromatic amines is 1. The van der Waals surface area contributed by atoms with Crippen molar-refractivity contribution in [3.63, 3.8) is 0 Å². The van der Waals surface area contributed by atoms with Crippen LogP contribution in [0.15, 0.2) is 22.7 Å². The van der Waals surface area contributed by atoms with E-state index in [1.54, 1.807) is 0 Å². The molecule has 0 bridgehead atoms. The van der Waals surface area contributed by atoms with Crippen LogP contribution in [0.25, 0.3) is 0 Å². The quantitative estimate of drug-likeness (QED) is 0.663. The Morgan fingerprint density at radius 1 is 1.45 bits per heavy atom. The summed E-state index contributed by atoms with van der Waals surface area (Å²) in [4.78, 5) is 22.4. The maximum absolute atomic E-state index is 12.2. The number of nitrogens with one attached hydrogen (secondary N) is 2. The number of halogens is 1. The molecule has 2 aromatic rings. The van der Waals surface area contributed by atoms with Crippen molar-refractivity contribution in [3.8, 4) is 0 Å². The van der Waals surface area contributed by atoms with E-state index in [4.69, 9.17) is 0 Å². The maximum atomic E-state index is 12.2. The third-order valence-corrected chi connectivity index (χ3v) is 3.74. The van der Waals surface area contributed by atoms with E-state index in [1.165, 1.54) is 18.2 Å². The number of benzene rings is 1. The lowest BCUT2D eigenvalue weighted by Gasteiger charge is -2.05. The number of nitrogens with zero attached hydrogens (tertiary/aromatic N) is 2. The van der Waals surface area contributed by atoms with Crippen molar-refractivity contribution in [1.29, 1.82) is 0 Å². The van der Waals surface area contributed by atoms with Gasteiger partial charge in [-0.05, 0) is 35.8 Å². The van der Waals surface area contributed by atoms with Crippen LogP contribution in [0.3, 0.4) is 0 Å². The van der Waals surface area contributed by atoms with Crippen LogP contribution in [0, 0.1) is 24.0 Å².